The molecule has 0 radical (unpaired) electrons. The Morgan fingerprint density at radius 3 is 2.97 bits per heavy atom. The second-order valence-corrected chi connectivity index (χ2v) is 6.98. The Kier molecular flexibility index (Phi) is 4.18. The molecule has 1 aromatic carbocycles. The van der Waals surface area contributed by atoms with Crippen LogP contribution in [0.3, 0.4) is 0 Å². The van der Waals surface area contributed by atoms with Crippen LogP contribution >= 0.6 is 11.6 Å². The van der Waals surface area contributed by atoms with Crippen LogP contribution in [-0.4, -0.2) is 45.2 Å². The maximum absolute atomic E-state index is 12.5. The van der Waals surface area contributed by atoms with E-state index in [4.69, 9.17) is 16.0 Å². The van der Waals surface area contributed by atoms with Crippen LogP contribution in [0.15, 0.2) is 41.1 Å². The van der Waals surface area contributed by atoms with Gasteiger partial charge in [0.1, 0.15) is 28.7 Å². The fourth-order valence-electron chi connectivity index (χ4n) is 3.37. The molecule has 3 aromatic heterocycles. The Labute approximate surface area is 169 Å². The summed E-state index contributed by atoms with van der Waals surface area (Å²) in [4.78, 5) is 25.1. The number of nitrogens with one attached hydrogen (secondary N) is 3. The molecule has 0 unspecified atom stereocenters. The van der Waals surface area contributed by atoms with Gasteiger partial charge in [-0.05, 0) is 24.3 Å². The first-order valence-corrected chi connectivity index (χ1v) is 9.26. The zero-order valence-electron chi connectivity index (χ0n) is 14.9. The van der Waals surface area contributed by atoms with Gasteiger partial charge in [-0.2, -0.15) is 0 Å². The maximum Gasteiger partial charge on any atom is 0.289 e. The van der Waals surface area contributed by atoms with Gasteiger partial charge >= 0.3 is 0 Å². The van der Waals surface area contributed by atoms with Crippen molar-refractivity contribution in [3.8, 4) is 0 Å². The highest BCUT2D eigenvalue weighted by atomic mass is 35.5. The van der Waals surface area contributed by atoms with Crippen molar-refractivity contribution in [1.82, 2.24) is 20.3 Å². The van der Waals surface area contributed by atoms with Crippen LogP contribution in [0.5, 0.6) is 0 Å². The molecule has 0 bridgehead atoms. The van der Waals surface area contributed by atoms with E-state index in [1.807, 2.05) is 18.2 Å². The lowest BCUT2D eigenvalue weighted by Gasteiger charge is -2.12. The first-order valence-electron chi connectivity index (χ1n) is 8.89. The smallest absolute Gasteiger partial charge is 0.289 e. The molecule has 0 aliphatic carbocycles. The number of aromatic nitrogens is 3. The molecule has 10 heteroatoms. The largest absolute Gasteiger partial charge is 0.449 e. The SMILES string of the molecule is O=C1N[C@H](CO)CNc2c1oc1ccc3nc(Nc4cc(Cl)ncn4)ccc3c21. The van der Waals surface area contributed by atoms with E-state index >= 15 is 0 Å². The summed E-state index contributed by atoms with van der Waals surface area (Å²) >= 11 is 5.90. The first kappa shape index (κ1) is 17.7. The normalized spacial score (nSPS) is 16.2. The Balaban J connectivity index is 1.59. The number of furan rings is 1. The molecule has 146 valence electrons. The lowest BCUT2D eigenvalue weighted by atomic mass is 10.1. The average Bonchev–Trinajstić information content (AvgIpc) is 3.02. The number of halogens is 1. The number of carbonyl (C=O) groups excluding carboxylic acids is 1. The molecular weight excluding hydrogens is 396 g/mol. The highest BCUT2D eigenvalue weighted by Gasteiger charge is 2.27. The molecule has 0 spiro atoms. The van der Waals surface area contributed by atoms with E-state index in [1.54, 1.807) is 12.1 Å². The first-order chi connectivity index (χ1) is 14.1. The van der Waals surface area contributed by atoms with Gasteiger partial charge in [0.05, 0.1) is 29.2 Å². The average molecular weight is 411 g/mol. The number of aliphatic hydroxyl groups is 1. The zero-order valence-corrected chi connectivity index (χ0v) is 15.7. The number of nitrogens with zero attached hydrogens (tertiary/aromatic N) is 3. The molecule has 0 saturated heterocycles. The highest BCUT2D eigenvalue weighted by Crippen LogP contribution is 2.37. The maximum atomic E-state index is 12.5. The van der Waals surface area contributed by atoms with Crippen LogP contribution in [0.25, 0.3) is 21.9 Å². The van der Waals surface area contributed by atoms with E-state index in [9.17, 15) is 9.90 Å². The quantitative estimate of drug-likeness (QED) is 0.380. The van der Waals surface area contributed by atoms with E-state index in [2.05, 4.69) is 30.9 Å². The molecule has 1 aliphatic heterocycles. The van der Waals surface area contributed by atoms with Crippen molar-refractivity contribution in [2.75, 3.05) is 23.8 Å². The predicted molar refractivity (Wildman–Crippen MR) is 109 cm³/mol. The summed E-state index contributed by atoms with van der Waals surface area (Å²) in [5.41, 5.74) is 1.90. The van der Waals surface area contributed by atoms with Crippen molar-refractivity contribution in [3.05, 3.63) is 47.6 Å². The van der Waals surface area contributed by atoms with E-state index < -0.39 is 0 Å². The van der Waals surface area contributed by atoms with Gasteiger partial charge < -0.3 is 25.5 Å². The summed E-state index contributed by atoms with van der Waals surface area (Å²) in [6.45, 7) is 0.229. The van der Waals surface area contributed by atoms with Crippen LogP contribution in [0.2, 0.25) is 5.15 Å². The van der Waals surface area contributed by atoms with Gasteiger partial charge in [-0.25, -0.2) is 15.0 Å². The van der Waals surface area contributed by atoms with E-state index in [1.165, 1.54) is 6.33 Å². The van der Waals surface area contributed by atoms with Crippen molar-refractivity contribution in [1.29, 1.82) is 0 Å². The van der Waals surface area contributed by atoms with Gasteiger partial charge in [0.2, 0.25) is 5.76 Å². The second-order valence-electron chi connectivity index (χ2n) is 6.59. The molecule has 1 aliphatic rings. The van der Waals surface area contributed by atoms with Gasteiger partial charge in [-0.3, -0.25) is 4.79 Å². The van der Waals surface area contributed by atoms with Crippen molar-refractivity contribution in [3.63, 3.8) is 0 Å². The minimum absolute atomic E-state index is 0.161. The van der Waals surface area contributed by atoms with Gasteiger partial charge in [-0.15, -0.1) is 0 Å². The molecule has 4 N–H and O–H groups in total. The summed E-state index contributed by atoms with van der Waals surface area (Å²) in [5.74, 6) is 0.956. The van der Waals surface area contributed by atoms with Crippen LogP contribution in [-0.2, 0) is 0 Å². The van der Waals surface area contributed by atoms with Gasteiger partial charge in [0.25, 0.3) is 5.91 Å². The van der Waals surface area contributed by atoms with Gasteiger partial charge in [0, 0.05) is 18.0 Å². The molecule has 5 rings (SSSR count). The number of rotatable bonds is 3. The molecule has 4 aromatic rings. The van der Waals surface area contributed by atoms with Crippen molar-refractivity contribution in [2.45, 2.75) is 6.04 Å². The minimum atomic E-state index is -0.385. The lowest BCUT2D eigenvalue weighted by Crippen LogP contribution is -2.39. The van der Waals surface area contributed by atoms with Crippen LogP contribution in [0.4, 0.5) is 17.3 Å². The number of pyridine rings is 1. The number of carbonyl (C=O) groups is 1. The second kappa shape index (κ2) is 6.87. The Morgan fingerprint density at radius 2 is 2.14 bits per heavy atom. The molecule has 0 saturated carbocycles. The lowest BCUT2D eigenvalue weighted by molar-refractivity contribution is 0.0900. The summed E-state index contributed by atoms with van der Waals surface area (Å²) in [6.07, 6.45) is 1.37. The third-order valence-electron chi connectivity index (χ3n) is 4.70. The summed E-state index contributed by atoms with van der Waals surface area (Å²) in [6, 6.07) is 8.54. The Bertz CT molecular complexity index is 1260. The molecule has 4 heterocycles. The summed E-state index contributed by atoms with van der Waals surface area (Å²) < 4.78 is 5.79. The van der Waals surface area contributed by atoms with Crippen molar-refractivity contribution in [2.24, 2.45) is 0 Å². The van der Waals surface area contributed by atoms with E-state index in [-0.39, 0.29) is 24.3 Å². The molecule has 9 nitrogen and oxygen atoms in total. The van der Waals surface area contributed by atoms with Crippen molar-refractivity contribution < 1.29 is 14.3 Å². The van der Waals surface area contributed by atoms with Crippen molar-refractivity contribution >= 4 is 56.7 Å². The molecule has 1 amide bonds. The van der Waals surface area contributed by atoms with Gasteiger partial charge in [-0.1, -0.05) is 11.6 Å². The number of hydrogen-bond donors (Lipinski definition) is 4. The fourth-order valence-corrected chi connectivity index (χ4v) is 3.52. The monoisotopic (exact) mass is 410 g/mol. The van der Waals surface area contributed by atoms with Crippen LogP contribution < -0.4 is 16.0 Å². The zero-order chi connectivity index (χ0) is 20.0. The summed E-state index contributed by atoms with van der Waals surface area (Å²) in [5, 5.41) is 20.4. The standard InChI is InChI=1S/C19H15ClN6O3/c20-13-5-15(23-8-22-13)26-14-4-1-10-11(25-14)2-3-12-16(10)17-18(29-12)19(28)24-9(7-27)6-21-17/h1-5,8-9,21,27H,6-7H2,(H,24,28)(H,22,23,25,26)/t9-/m0/s1. The van der Waals surface area contributed by atoms with E-state index in [0.29, 0.717) is 34.6 Å². The number of anilines is 3. The topological polar surface area (TPSA) is 125 Å². The third kappa shape index (κ3) is 3.10. The summed E-state index contributed by atoms with van der Waals surface area (Å²) in [7, 11) is 0. The number of amides is 1. The molecule has 29 heavy (non-hydrogen) atoms. The molecule has 1 atom stereocenters. The molecular formula is C19H15ClN6O3. The van der Waals surface area contributed by atoms with Crippen LogP contribution in [0.1, 0.15) is 10.6 Å². The molecule has 0 fully saturated rings. The number of hydrogen-bond acceptors (Lipinski definition) is 8. The minimum Gasteiger partial charge on any atom is -0.449 e. The highest BCUT2D eigenvalue weighted by molar-refractivity contribution is 6.29. The third-order valence-corrected chi connectivity index (χ3v) is 4.91. The number of aliphatic hydroxyl groups excluding tert-OH is 1. The Morgan fingerprint density at radius 1 is 1.24 bits per heavy atom. The predicted octanol–water partition coefficient (Wildman–Crippen LogP) is 2.68. The number of fused-ring (bicyclic) bond motifs is 5. The Hall–Kier alpha value is -3.43. The van der Waals surface area contributed by atoms with Crippen LogP contribution in [0, 0.1) is 0 Å². The van der Waals surface area contributed by atoms with Gasteiger partial charge in [0.15, 0.2) is 0 Å². The number of benzene rings is 1. The van der Waals surface area contributed by atoms with E-state index in [0.717, 1.165) is 16.3 Å². The fraction of sp³-hybridized carbons (Fsp3) is 0.158.